The summed E-state index contributed by atoms with van der Waals surface area (Å²) >= 11 is 0. The molecule has 1 saturated heterocycles. The normalized spacial score (nSPS) is 19.1. The lowest BCUT2D eigenvalue weighted by Gasteiger charge is -2.32. The highest BCUT2D eigenvalue weighted by Gasteiger charge is 2.26. The van der Waals surface area contributed by atoms with Crippen LogP contribution in [0.3, 0.4) is 0 Å². The number of nitrogens with zero attached hydrogens (tertiary/aromatic N) is 2. The van der Waals surface area contributed by atoms with Gasteiger partial charge >= 0.3 is 6.03 Å². The number of hydrogen-bond acceptors (Lipinski definition) is 3. The van der Waals surface area contributed by atoms with Crippen LogP contribution in [0.25, 0.3) is 0 Å². The molecular formula is C13H21N5O2. The van der Waals surface area contributed by atoms with E-state index in [-0.39, 0.29) is 23.7 Å². The van der Waals surface area contributed by atoms with E-state index in [1.54, 1.807) is 11.0 Å². The number of piperidine rings is 1. The topological polar surface area (TPSA) is 104 Å². The molecule has 0 aliphatic carbocycles. The first-order valence-electron chi connectivity index (χ1n) is 6.88. The number of H-pyrrole nitrogens is 1. The molecule has 7 nitrogen and oxygen atoms in total. The zero-order chi connectivity index (χ0) is 14.7. The molecule has 1 atom stereocenters. The maximum absolute atomic E-state index is 12.0. The number of amides is 3. The summed E-state index contributed by atoms with van der Waals surface area (Å²) in [4.78, 5) is 24.9. The number of rotatable bonds is 3. The number of primary amides is 1. The fourth-order valence-corrected chi connectivity index (χ4v) is 2.43. The molecule has 2 rings (SSSR count). The molecule has 1 aromatic heterocycles. The first-order chi connectivity index (χ1) is 9.47. The molecule has 3 amide bonds. The van der Waals surface area contributed by atoms with Crippen LogP contribution in [0.2, 0.25) is 0 Å². The number of hydrogen-bond donors (Lipinski definition) is 3. The Morgan fingerprint density at radius 1 is 1.55 bits per heavy atom. The minimum Gasteiger partial charge on any atom is -0.364 e. The SMILES string of the molecule is CC(C)NC(=O)N1CCC[C@@H](c2cc(C(N)=O)n[nH]2)C1. The number of carbonyl (C=O) groups is 2. The highest BCUT2D eigenvalue weighted by atomic mass is 16.2. The number of aromatic amines is 1. The van der Waals surface area contributed by atoms with Crippen LogP contribution in [0.4, 0.5) is 4.79 Å². The smallest absolute Gasteiger partial charge is 0.317 e. The van der Waals surface area contributed by atoms with E-state index in [1.165, 1.54) is 0 Å². The highest BCUT2D eigenvalue weighted by molar-refractivity contribution is 5.90. The lowest BCUT2D eigenvalue weighted by atomic mass is 9.95. The van der Waals surface area contributed by atoms with Crippen molar-refractivity contribution in [3.05, 3.63) is 17.5 Å². The minimum atomic E-state index is -0.544. The standard InChI is InChI=1S/C13H21N5O2/c1-8(2)15-13(20)18-5-3-4-9(7-18)10-6-11(12(14)19)17-16-10/h6,8-9H,3-5,7H2,1-2H3,(H2,14,19)(H,15,20)(H,16,17)/t9-/m1/s1. The monoisotopic (exact) mass is 279 g/mol. The Morgan fingerprint density at radius 3 is 2.90 bits per heavy atom. The van der Waals surface area contributed by atoms with Crippen LogP contribution in [-0.4, -0.2) is 46.2 Å². The first kappa shape index (κ1) is 14.4. The van der Waals surface area contributed by atoms with Gasteiger partial charge in [-0.3, -0.25) is 9.89 Å². The van der Waals surface area contributed by atoms with Gasteiger partial charge in [-0.2, -0.15) is 5.10 Å². The average molecular weight is 279 g/mol. The van der Waals surface area contributed by atoms with Gasteiger partial charge in [0.05, 0.1) is 0 Å². The number of urea groups is 1. The van der Waals surface area contributed by atoms with Crippen molar-refractivity contribution in [1.82, 2.24) is 20.4 Å². The number of likely N-dealkylation sites (tertiary alicyclic amines) is 1. The van der Waals surface area contributed by atoms with Crippen molar-refractivity contribution < 1.29 is 9.59 Å². The van der Waals surface area contributed by atoms with Crippen molar-refractivity contribution in [3.8, 4) is 0 Å². The van der Waals surface area contributed by atoms with Crippen molar-refractivity contribution in [3.63, 3.8) is 0 Å². The lowest BCUT2D eigenvalue weighted by Crippen LogP contribution is -2.47. The molecule has 1 aromatic rings. The molecule has 0 aromatic carbocycles. The molecule has 110 valence electrons. The summed E-state index contributed by atoms with van der Waals surface area (Å²) in [5, 5.41) is 9.63. The third kappa shape index (κ3) is 3.28. The Hall–Kier alpha value is -2.05. The van der Waals surface area contributed by atoms with Gasteiger partial charge in [0.2, 0.25) is 0 Å². The summed E-state index contributed by atoms with van der Waals surface area (Å²) in [5.74, 6) is -0.375. The molecule has 0 saturated carbocycles. The van der Waals surface area contributed by atoms with E-state index < -0.39 is 5.91 Å². The lowest BCUT2D eigenvalue weighted by molar-refractivity contribution is 0.0995. The first-order valence-corrected chi connectivity index (χ1v) is 6.88. The third-order valence-electron chi connectivity index (χ3n) is 3.41. The highest BCUT2D eigenvalue weighted by Crippen LogP contribution is 2.25. The van der Waals surface area contributed by atoms with Crippen molar-refractivity contribution in [1.29, 1.82) is 0 Å². The van der Waals surface area contributed by atoms with Gasteiger partial charge in [0, 0.05) is 30.7 Å². The molecular weight excluding hydrogens is 258 g/mol. The molecule has 1 aliphatic heterocycles. The van der Waals surface area contributed by atoms with Crippen LogP contribution in [0, 0.1) is 0 Å². The fraction of sp³-hybridized carbons (Fsp3) is 0.615. The van der Waals surface area contributed by atoms with Gasteiger partial charge in [-0.1, -0.05) is 0 Å². The Morgan fingerprint density at radius 2 is 2.30 bits per heavy atom. The molecule has 0 radical (unpaired) electrons. The van der Waals surface area contributed by atoms with E-state index in [2.05, 4.69) is 15.5 Å². The van der Waals surface area contributed by atoms with Crippen molar-refractivity contribution >= 4 is 11.9 Å². The van der Waals surface area contributed by atoms with Gasteiger partial charge in [-0.15, -0.1) is 0 Å². The maximum Gasteiger partial charge on any atom is 0.317 e. The fourth-order valence-electron chi connectivity index (χ4n) is 2.43. The van der Waals surface area contributed by atoms with Gasteiger partial charge in [0.15, 0.2) is 0 Å². The molecule has 1 fully saturated rings. The van der Waals surface area contributed by atoms with Crippen LogP contribution in [0.15, 0.2) is 6.07 Å². The molecule has 2 heterocycles. The number of nitrogens with one attached hydrogen (secondary N) is 2. The summed E-state index contributed by atoms with van der Waals surface area (Å²) < 4.78 is 0. The summed E-state index contributed by atoms with van der Waals surface area (Å²) in [5.41, 5.74) is 6.29. The minimum absolute atomic E-state index is 0.0423. The second kappa shape index (κ2) is 5.94. The molecule has 0 unspecified atom stereocenters. The van der Waals surface area contributed by atoms with E-state index in [1.807, 2.05) is 13.8 Å². The molecule has 0 spiro atoms. The van der Waals surface area contributed by atoms with E-state index >= 15 is 0 Å². The second-order valence-corrected chi connectivity index (χ2v) is 5.46. The van der Waals surface area contributed by atoms with E-state index in [4.69, 9.17) is 5.73 Å². The van der Waals surface area contributed by atoms with E-state index in [9.17, 15) is 9.59 Å². The largest absolute Gasteiger partial charge is 0.364 e. The second-order valence-electron chi connectivity index (χ2n) is 5.46. The van der Waals surface area contributed by atoms with Crippen LogP contribution in [0.5, 0.6) is 0 Å². The molecule has 4 N–H and O–H groups in total. The Bertz CT molecular complexity index is 497. The van der Waals surface area contributed by atoms with Gasteiger partial charge in [0.25, 0.3) is 5.91 Å². The summed E-state index contributed by atoms with van der Waals surface area (Å²) in [6.45, 7) is 5.26. The van der Waals surface area contributed by atoms with Crippen LogP contribution < -0.4 is 11.1 Å². The Balaban J connectivity index is 2.02. The zero-order valence-electron chi connectivity index (χ0n) is 11.8. The summed E-state index contributed by atoms with van der Waals surface area (Å²) in [6.07, 6.45) is 1.90. The maximum atomic E-state index is 12.0. The number of nitrogens with two attached hydrogens (primary N) is 1. The zero-order valence-corrected chi connectivity index (χ0v) is 11.8. The van der Waals surface area contributed by atoms with Crippen molar-refractivity contribution in [2.45, 2.75) is 38.6 Å². The number of carbonyl (C=O) groups excluding carboxylic acids is 2. The Kier molecular flexibility index (Phi) is 4.26. The van der Waals surface area contributed by atoms with Crippen LogP contribution in [0.1, 0.15) is 48.8 Å². The Labute approximate surface area is 117 Å². The third-order valence-corrected chi connectivity index (χ3v) is 3.41. The van der Waals surface area contributed by atoms with Gasteiger partial charge in [-0.25, -0.2) is 4.79 Å². The van der Waals surface area contributed by atoms with Gasteiger partial charge < -0.3 is 16.0 Å². The quantitative estimate of drug-likeness (QED) is 0.762. The molecule has 1 aliphatic rings. The molecule has 0 bridgehead atoms. The van der Waals surface area contributed by atoms with Crippen molar-refractivity contribution in [2.75, 3.05) is 13.1 Å². The number of aromatic nitrogens is 2. The predicted octanol–water partition coefficient (Wildman–Crippen LogP) is 0.806. The predicted molar refractivity (Wildman–Crippen MR) is 74.3 cm³/mol. The molecule has 7 heteroatoms. The van der Waals surface area contributed by atoms with Gasteiger partial charge in [0.1, 0.15) is 5.69 Å². The van der Waals surface area contributed by atoms with E-state index in [0.717, 1.165) is 25.1 Å². The average Bonchev–Trinajstić information content (AvgIpc) is 2.88. The van der Waals surface area contributed by atoms with Gasteiger partial charge in [-0.05, 0) is 32.8 Å². The van der Waals surface area contributed by atoms with Crippen LogP contribution in [-0.2, 0) is 0 Å². The van der Waals surface area contributed by atoms with E-state index in [0.29, 0.717) is 6.54 Å². The summed E-state index contributed by atoms with van der Waals surface area (Å²) in [6, 6.07) is 1.76. The summed E-state index contributed by atoms with van der Waals surface area (Å²) in [7, 11) is 0. The van der Waals surface area contributed by atoms with Crippen molar-refractivity contribution in [2.24, 2.45) is 5.73 Å². The van der Waals surface area contributed by atoms with Crippen LogP contribution >= 0.6 is 0 Å². The molecule has 20 heavy (non-hydrogen) atoms.